The van der Waals surface area contributed by atoms with E-state index < -0.39 is 0 Å². The molecule has 0 aromatic carbocycles. The van der Waals surface area contributed by atoms with E-state index in [0.29, 0.717) is 11.3 Å². The molecule has 1 aromatic heterocycles. The quantitative estimate of drug-likeness (QED) is 0.493. The fraction of sp³-hybridized carbons (Fsp3) is 0.200. The molecule has 0 N–H and O–H groups in total. The lowest BCUT2D eigenvalue weighted by Crippen LogP contribution is -2.06. The molecule has 9 heavy (non-hydrogen) atoms. The van der Waals surface area contributed by atoms with Crippen molar-refractivity contribution >= 4 is 14.8 Å². The highest BCUT2D eigenvalue weighted by atomic mass is 31.0. The third-order valence-electron chi connectivity index (χ3n) is 0.938. The van der Waals surface area contributed by atoms with E-state index in [0.717, 1.165) is 6.20 Å². The molecule has 2 nitrogen and oxygen atoms in total. The van der Waals surface area contributed by atoms with Crippen molar-refractivity contribution in [3.8, 4) is 0 Å². The molecule has 1 aromatic rings. The highest BCUT2D eigenvalue weighted by Crippen LogP contribution is 1.96. The predicted octanol–water partition coefficient (Wildman–Crippen LogP) is 0.425. The largest absolute Gasteiger partial charge is 0.234 e. The van der Waals surface area contributed by atoms with Crippen LogP contribution in [0.3, 0.4) is 0 Å². The van der Waals surface area contributed by atoms with Crippen LogP contribution in [0.4, 0.5) is 4.39 Å². The molecule has 4 heteroatoms. The maximum Gasteiger partial charge on any atom is 0.162 e. The normalized spacial score (nSPS) is 9.67. The Labute approximate surface area is 54.7 Å². The summed E-state index contributed by atoms with van der Waals surface area (Å²) in [5.41, 5.74) is 0.906. The number of aromatic nitrogens is 2. The molecule has 0 bridgehead atoms. The molecule has 0 spiro atoms. The molecular weight excluding hydrogens is 138 g/mol. The number of nitrogens with zero attached hydrogens (tertiary/aromatic N) is 2. The van der Waals surface area contributed by atoms with Gasteiger partial charge in [-0.1, -0.05) is 9.24 Å². The molecule has 1 unspecified atom stereocenters. The summed E-state index contributed by atoms with van der Waals surface area (Å²) in [6.07, 6.45) is 1.16. The van der Waals surface area contributed by atoms with E-state index in [9.17, 15) is 4.39 Å². The predicted molar refractivity (Wildman–Crippen MR) is 36.1 cm³/mol. The summed E-state index contributed by atoms with van der Waals surface area (Å²) >= 11 is 0. The Morgan fingerprint density at radius 1 is 1.67 bits per heavy atom. The smallest absolute Gasteiger partial charge is 0.162 e. The summed E-state index contributed by atoms with van der Waals surface area (Å²) in [6.45, 7) is 1.60. The highest BCUT2D eigenvalue weighted by Gasteiger charge is 1.96. The van der Waals surface area contributed by atoms with Gasteiger partial charge >= 0.3 is 0 Å². The van der Waals surface area contributed by atoms with Crippen molar-refractivity contribution in [3.63, 3.8) is 0 Å². The van der Waals surface area contributed by atoms with Crippen molar-refractivity contribution in [2.24, 2.45) is 0 Å². The van der Waals surface area contributed by atoms with Crippen molar-refractivity contribution < 1.29 is 4.39 Å². The molecule has 48 valence electrons. The van der Waals surface area contributed by atoms with Crippen LogP contribution in [0.25, 0.3) is 0 Å². The Kier molecular flexibility index (Phi) is 1.72. The van der Waals surface area contributed by atoms with Gasteiger partial charge in [-0.05, 0) is 6.92 Å². The Balaban J connectivity index is 3.17. The Hall–Kier alpha value is -0.560. The van der Waals surface area contributed by atoms with E-state index in [1.54, 1.807) is 6.92 Å². The van der Waals surface area contributed by atoms with Gasteiger partial charge in [-0.25, -0.2) is 14.4 Å². The molecular formula is C5H6FN2P. The zero-order valence-corrected chi connectivity index (χ0v) is 6.08. The number of aryl methyl sites for hydroxylation is 1. The van der Waals surface area contributed by atoms with Gasteiger partial charge in [0.2, 0.25) is 0 Å². The average molecular weight is 144 g/mol. The molecule has 0 saturated carbocycles. The molecule has 0 amide bonds. The molecule has 1 heterocycles. The van der Waals surface area contributed by atoms with Crippen LogP contribution in [0.1, 0.15) is 5.69 Å². The minimum atomic E-state index is -0.360. The van der Waals surface area contributed by atoms with Gasteiger partial charge in [0.15, 0.2) is 5.82 Å². The second-order valence-corrected chi connectivity index (χ2v) is 2.18. The van der Waals surface area contributed by atoms with Crippen molar-refractivity contribution in [2.45, 2.75) is 6.92 Å². The summed E-state index contributed by atoms with van der Waals surface area (Å²) in [7, 11) is 2.30. The zero-order chi connectivity index (χ0) is 6.85. The minimum absolute atomic E-state index is 0.360. The van der Waals surface area contributed by atoms with Gasteiger partial charge in [-0.15, -0.1) is 0 Å². The lowest BCUT2D eigenvalue weighted by molar-refractivity contribution is 0.604. The number of halogens is 1. The summed E-state index contributed by atoms with van der Waals surface area (Å²) in [6, 6.07) is 0. The van der Waals surface area contributed by atoms with Crippen LogP contribution in [0.5, 0.6) is 0 Å². The van der Waals surface area contributed by atoms with Crippen LogP contribution < -0.4 is 5.57 Å². The van der Waals surface area contributed by atoms with Crippen molar-refractivity contribution in [2.75, 3.05) is 0 Å². The van der Waals surface area contributed by atoms with E-state index in [1.165, 1.54) is 0 Å². The summed E-state index contributed by atoms with van der Waals surface area (Å²) in [5, 5.41) is 0. The molecule has 0 fully saturated rings. The van der Waals surface area contributed by atoms with Crippen LogP contribution in [0.15, 0.2) is 6.20 Å². The topological polar surface area (TPSA) is 25.8 Å². The second-order valence-electron chi connectivity index (χ2n) is 1.66. The Bertz CT molecular complexity index is 226. The lowest BCUT2D eigenvalue weighted by atomic mass is 10.4. The van der Waals surface area contributed by atoms with Gasteiger partial charge in [-0.2, -0.15) is 0 Å². The maximum atomic E-state index is 12.4. The van der Waals surface area contributed by atoms with E-state index in [2.05, 4.69) is 19.2 Å². The van der Waals surface area contributed by atoms with Gasteiger partial charge in [0.05, 0.1) is 11.9 Å². The van der Waals surface area contributed by atoms with E-state index in [4.69, 9.17) is 0 Å². The fourth-order valence-corrected chi connectivity index (χ4v) is 0.739. The summed E-state index contributed by atoms with van der Waals surface area (Å²) < 4.78 is 12.4. The standard InChI is InChI=1S/C5H6FN2P/c1-3-4(6)2-7-5(9)8-3/h2H,9H2,1H3. The van der Waals surface area contributed by atoms with Gasteiger partial charge in [0, 0.05) is 0 Å². The van der Waals surface area contributed by atoms with Crippen LogP contribution in [-0.4, -0.2) is 9.97 Å². The van der Waals surface area contributed by atoms with Crippen LogP contribution >= 0.6 is 9.24 Å². The first-order chi connectivity index (χ1) is 4.20. The van der Waals surface area contributed by atoms with Gasteiger partial charge < -0.3 is 0 Å². The minimum Gasteiger partial charge on any atom is -0.234 e. The van der Waals surface area contributed by atoms with Crippen molar-refractivity contribution in [1.29, 1.82) is 0 Å². The molecule has 0 radical (unpaired) electrons. The summed E-state index contributed by atoms with van der Waals surface area (Å²) in [5.74, 6) is -0.360. The van der Waals surface area contributed by atoms with E-state index in [1.807, 2.05) is 0 Å². The van der Waals surface area contributed by atoms with E-state index >= 15 is 0 Å². The highest BCUT2D eigenvalue weighted by molar-refractivity contribution is 7.26. The van der Waals surface area contributed by atoms with Gasteiger partial charge in [-0.3, -0.25) is 0 Å². The molecule has 0 saturated heterocycles. The van der Waals surface area contributed by atoms with Crippen molar-refractivity contribution in [3.05, 3.63) is 17.7 Å². The van der Waals surface area contributed by atoms with Gasteiger partial charge in [0.25, 0.3) is 0 Å². The average Bonchev–Trinajstić information content (AvgIpc) is 1.80. The maximum absolute atomic E-state index is 12.4. The molecule has 0 aliphatic rings. The zero-order valence-electron chi connectivity index (χ0n) is 4.93. The Morgan fingerprint density at radius 3 is 2.78 bits per heavy atom. The number of hydrogen-bond donors (Lipinski definition) is 0. The molecule has 0 aliphatic carbocycles. The molecule has 0 aliphatic heterocycles. The third-order valence-corrected chi connectivity index (χ3v) is 1.22. The number of rotatable bonds is 0. The van der Waals surface area contributed by atoms with E-state index in [-0.39, 0.29) is 5.82 Å². The summed E-state index contributed by atoms with van der Waals surface area (Å²) in [4.78, 5) is 7.37. The lowest BCUT2D eigenvalue weighted by Gasteiger charge is -1.93. The Morgan fingerprint density at radius 2 is 2.33 bits per heavy atom. The fourth-order valence-electron chi connectivity index (χ4n) is 0.470. The second kappa shape index (κ2) is 2.36. The van der Waals surface area contributed by atoms with Crippen molar-refractivity contribution in [1.82, 2.24) is 9.97 Å². The first-order valence-corrected chi connectivity index (χ1v) is 3.02. The van der Waals surface area contributed by atoms with Gasteiger partial charge in [0.1, 0.15) is 5.57 Å². The number of hydrogen-bond acceptors (Lipinski definition) is 2. The monoisotopic (exact) mass is 144 g/mol. The molecule has 1 atom stereocenters. The van der Waals surface area contributed by atoms with Crippen LogP contribution in [0.2, 0.25) is 0 Å². The van der Waals surface area contributed by atoms with Crippen LogP contribution in [-0.2, 0) is 0 Å². The third kappa shape index (κ3) is 1.42. The first kappa shape index (κ1) is 6.56. The van der Waals surface area contributed by atoms with Crippen LogP contribution in [0, 0.1) is 12.7 Å². The first-order valence-electron chi connectivity index (χ1n) is 2.45. The SMILES string of the molecule is Cc1nc(P)ncc1F. The molecule has 1 rings (SSSR count).